The van der Waals surface area contributed by atoms with Crippen LogP contribution in [0.4, 0.5) is 5.69 Å². The lowest BCUT2D eigenvalue weighted by atomic mass is 10.2. The van der Waals surface area contributed by atoms with Crippen molar-refractivity contribution in [1.82, 2.24) is 15.1 Å². The first-order valence-corrected chi connectivity index (χ1v) is 8.70. The first-order valence-electron chi connectivity index (χ1n) is 8.70. The molecule has 2 aromatic carbocycles. The molecule has 6 nitrogen and oxygen atoms in total. The third kappa shape index (κ3) is 3.36. The van der Waals surface area contributed by atoms with Gasteiger partial charge in [0, 0.05) is 16.5 Å². The summed E-state index contributed by atoms with van der Waals surface area (Å²) in [5.41, 5.74) is 0.756. The molecule has 132 valence electrons. The number of carbonyl (C=O) groups excluding carboxylic acids is 1. The van der Waals surface area contributed by atoms with Crippen LogP contribution in [0.15, 0.2) is 54.7 Å². The minimum atomic E-state index is -0.0446. The fraction of sp³-hybridized carbons (Fsp3) is 0.250. The molecule has 1 aromatic heterocycles. The zero-order valence-corrected chi connectivity index (χ0v) is 14.6. The number of ether oxygens (including phenoxy) is 1. The molecule has 0 saturated carbocycles. The standard InChI is InChI=1S/C20H20N4O2/c1-24-12-4-7-18(24)19(25)22-15-8-10-16(11-9-15)26-20-17-6-3-2-5-14(17)13-21-23-20/h2-3,5-6,8-11,13,18H,4,7,12H2,1H3,(H,22,25). The van der Waals surface area contributed by atoms with Gasteiger partial charge in [-0.2, -0.15) is 5.10 Å². The second-order valence-corrected chi connectivity index (χ2v) is 6.49. The Morgan fingerprint density at radius 3 is 2.77 bits per heavy atom. The Morgan fingerprint density at radius 1 is 1.19 bits per heavy atom. The van der Waals surface area contributed by atoms with E-state index in [2.05, 4.69) is 20.4 Å². The van der Waals surface area contributed by atoms with Gasteiger partial charge in [-0.15, -0.1) is 5.10 Å². The van der Waals surface area contributed by atoms with E-state index in [4.69, 9.17) is 4.74 Å². The number of fused-ring (bicyclic) bond motifs is 1. The number of nitrogens with one attached hydrogen (secondary N) is 1. The van der Waals surface area contributed by atoms with Gasteiger partial charge in [0.1, 0.15) is 5.75 Å². The van der Waals surface area contributed by atoms with Crippen LogP contribution < -0.4 is 10.1 Å². The summed E-state index contributed by atoms with van der Waals surface area (Å²) in [6.07, 6.45) is 3.68. The van der Waals surface area contributed by atoms with Crippen molar-refractivity contribution in [3.05, 3.63) is 54.7 Å². The molecule has 1 saturated heterocycles. The summed E-state index contributed by atoms with van der Waals surface area (Å²) in [6, 6.07) is 15.1. The van der Waals surface area contributed by atoms with Gasteiger partial charge in [-0.1, -0.05) is 18.2 Å². The molecule has 1 amide bonds. The van der Waals surface area contributed by atoms with Crippen molar-refractivity contribution in [3.63, 3.8) is 0 Å². The van der Waals surface area contributed by atoms with Crippen LogP contribution in [0.2, 0.25) is 0 Å². The van der Waals surface area contributed by atoms with Crippen LogP contribution in [-0.4, -0.2) is 40.6 Å². The average molecular weight is 348 g/mol. The summed E-state index contributed by atoms with van der Waals surface area (Å²) in [6.45, 7) is 0.969. The maximum Gasteiger partial charge on any atom is 0.246 e. The first-order chi connectivity index (χ1) is 12.7. The molecule has 0 aliphatic carbocycles. The number of hydrogen-bond donors (Lipinski definition) is 1. The highest BCUT2D eigenvalue weighted by Crippen LogP contribution is 2.27. The number of likely N-dealkylation sites (N-methyl/N-ethyl adjacent to an activating group) is 1. The molecule has 26 heavy (non-hydrogen) atoms. The van der Waals surface area contributed by atoms with E-state index < -0.39 is 0 Å². The number of hydrogen-bond acceptors (Lipinski definition) is 5. The highest BCUT2D eigenvalue weighted by molar-refractivity contribution is 5.95. The van der Waals surface area contributed by atoms with Gasteiger partial charge in [-0.05, 0) is 56.8 Å². The molecule has 1 fully saturated rings. The minimum Gasteiger partial charge on any atom is -0.437 e. The molecule has 1 unspecified atom stereocenters. The van der Waals surface area contributed by atoms with Crippen molar-refractivity contribution in [3.8, 4) is 11.6 Å². The topological polar surface area (TPSA) is 67.4 Å². The van der Waals surface area contributed by atoms with Crippen molar-refractivity contribution in [1.29, 1.82) is 0 Å². The molecule has 1 atom stereocenters. The second kappa shape index (κ2) is 7.09. The number of carbonyl (C=O) groups is 1. The fourth-order valence-corrected chi connectivity index (χ4v) is 3.26. The van der Waals surface area contributed by atoms with E-state index in [-0.39, 0.29) is 11.9 Å². The van der Waals surface area contributed by atoms with Gasteiger partial charge < -0.3 is 10.1 Å². The third-order valence-electron chi connectivity index (χ3n) is 4.70. The summed E-state index contributed by atoms with van der Waals surface area (Å²) in [5.74, 6) is 1.15. The van der Waals surface area contributed by atoms with E-state index >= 15 is 0 Å². The Hall–Kier alpha value is -2.99. The third-order valence-corrected chi connectivity index (χ3v) is 4.70. The van der Waals surface area contributed by atoms with Crippen molar-refractivity contribution in [2.75, 3.05) is 18.9 Å². The van der Waals surface area contributed by atoms with Gasteiger partial charge in [0.25, 0.3) is 0 Å². The summed E-state index contributed by atoms with van der Waals surface area (Å²) >= 11 is 0. The van der Waals surface area contributed by atoms with E-state index in [1.54, 1.807) is 6.20 Å². The van der Waals surface area contributed by atoms with Crippen LogP contribution in [-0.2, 0) is 4.79 Å². The van der Waals surface area contributed by atoms with Crippen LogP contribution >= 0.6 is 0 Å². The highest BCUT2D eigenvalue weighted by Gasteiger charge is 2.27. The Bertz CT molecular complexity index is 921. The number of aromatic nitrogens is 2. The largest absolute Gasteiger partial charge is 0.437 e. The van der Waals surface area contributed by atoms with E-state index in [0.29, 0.717) is 11.6 Å². The molecule has 0 radical (unpaired) electrons. The lowest BCUT2D eigenvalue weighted by Crippen LogP contribution is -2.37. The van der Waals surface area contributed by atoms with Crippen LogP contribution in [0.25, 0.3) is 10.8 Å². The second-order valence-electron chi connectivity index (χ2n) is 6.49. The number of amides is 1. The van der Waals surface area contributed by atoms with E-state index in [0.717, 1.165) is 35.8 Å². The Balaban J connectivity index is 1.47. The van der Waals surface area contributed by atoms with E-state index in [1.165, 1.54) is 0 Å². The SMILES string of the molecule is CN1CCCC1C(=O)Nc1ccc(Oc2nncc3ccccc23)cc1. The van der Waals surface area contributed by atoms with Crippen LogP contribution in [0.1, 0.15) is 12.8 Å². The van der Waals surface area contributed by atoms with Crippen molar-refractivity contribution in [2.24, 2.45) is 0 Å². The van der Waals surface area contributed by atoms with Gasteiger partial charge in [-0.3, -0.25) is 9.69 Å². The number of rotatable bonds is 4. The lowest BCUT2D eigenvalue weighted by molar-refractivity contribution is -0.119. The predicted molar refractivity (Wildman–Crippen MR) is 100 cm³/mol. The van der Waals surface area contributed by atoms with Gasteiger partial charge in [0.2, 0.25) is 11.8 Å². The van der Waals surface area contributed by atoms with Crippen molar-refractivity contribution in [2.45, 2.75) is 18.9 Å². The molecule has 0 bridgehead atoms. The average Bonchev–Trinajstić information content (AvgIpc) is 3.10. The molecule has 4 rings (SSSR count). The molecular formula is C20H20N4O2. The van der Waals surface area contributed by atoms with Crippen LogP contribution in [0, 0.1) is 0 Å². The smallest absolute Gasteiger partial charge is 0.246 e. The molecule has 6 heteroatoms. The van der Waals surface area contributed by atoms with Gasteiger partial charge in [-0.25, -0.2) is 0 Å². The summed E-state index contributed by atoms with van der Waals surface area (Å²) in [4.78, 5) is 14.4. The predicted octanol–water partition coefficient (Wildman–Crippen LogP) is 3.45. The maximum absolute atomic E-state index is 12.3. The summed E-state index contributed by atoms with van der Waals surface area (Å²) in [7, 11) is 1.99. The number of nitrogens with zero attached hydrogens (tertiary/aromatic N) is 3. The molecule has 0 spiro atoms. The zero-order valence-electron chi connectivity index (χ0n) is 14.6. The molecule has 1 N–H and O–H groups in total. The maximum atomic E-state index is 12.3. The van der Waals surface area contributed by atoms with Crippen molar-refractivity contribution >= 4 is 22.4 Å². The van der Waals surface area contributed by atoms with Crippen LogP contribution in [0.3, 0.4) is 0 Å². The summed E-state index contributed by atoms with van der Waals surface area (Å²) in [5, 5.41) is 12.9. The first kappa shape index (κ1) is 16.5. The molecule has 2 heterocycles. The number of benzene rings is 2. The van der Waals surface area contributed by atoms with E-state index in [9.17, 15) is 4.79 Å². The normalized spacial score (nSPS) is 17.3. The molecular weight excluding hydrogens is 328 g/mol. The van der Waals surface area contributed by atoms with Crippen molar-refractivity contribution < 1.29 is 9.53 Å². The molecule has 3 aromatic rings. The monoisotopic (exact) mass is 348 g/mol. The number of likely N-dealkylation sites (tertiary alicyclic amines) is 1. The molecule has 1 aliphatic rings. The van der Waals surface area contributed by atoms with Gasteiger partial charge in [0.15, 0.2) is 0 Å². The van der Waals surface area contributed by atoms with Gasteiger partial charge >= 0.3 is 0 Å². The molecule has 1 aliphatic heterocycles. The highest BCUT2D eigenvalue weighted by atomic mass is 16.5. The van der Waals surface area contributed by atoms with E-state index in [1.807, 2.05) is 55.6 Å². The quantitative estimate of drug-likeness (QED) is 0.782. The fourth-order valence-electron chi connectivity index (χ4n) is 3.26. The zero-order chi connectivity index (χ0) is 17.9. The lowest BCUT2D eigenvalue weighted by Gasteiger charge is -2.18. The number of anilines is 1. The van der Waals surface area contributed by atoms with Gasteiger partial charge in [0.05, 0.1) is 12.2 Å². The van der Waals surface area contributed by atoms with Crippen LogP contribution in [0.5, 0.6) is 11.6 Å². The Morgan fingerprint density at radius 2 is 2.00 bits per heavy atom. The Kier molecular flexibility index (Phi) is 4.50. The summed E-state index contributed by atoms with van der Waals surface area (Å²) < 4.78 is 5.87. The minimum absolute atomic E-state index is 0.0404. The Labute approximate surface area is 151 Å².